The van der Waals surface area contributed by atoms with Crippen LogP contribution in [0.2, 0.25) is 0 Å². The van der Waals surface area contributed by atoms with Gasteiger partial charge in [-0.15, -0.1) is 0 Å². The Morgan fingerprint density at radius 2 is 1.96 bits per heavy atom. The maximum Gasteiger partial charge on any atom is 0.350 e. The Kier molecular flexibility index (Phi) is 3.38. The molecule has 0 unspecified atom stereocenters. The van der Waals surface area contributed by atoms with E-state index in [2.05, 4.69) is 0 Å². The van der Waals surface area contributed by atoms with E-state index in [1.807, 2.05) is 4.90 Å². The molecule has 24 heavy (non-hydrogen) atoms. The molecule has 0 amide bonds. The largest absolute Gasteiger partial charge is 0.367 e. The average Bonchev–Trinajstić information content (AvgIpc) is 3.28. The van der Waals surface area contributed by atoms with Crippen LogP contribution in [-0.4, -0.2) is 28.4 Å². The molecule has 1 atom stereocenters. The second kappa shape index (κ2) is 5.34. The molecule has 1 saturated heterocycles. The number of hydrogen-bond acceptors (Lipinski definition) is 5. The highest BCUT2D eigenvalue weighted by atomic mass is 19.1. The quantitative estimate of drug-likeness (QED) is 0.768. The third kappa shape index (κ3) is 2.37. The minimum Gasteiger partial charge on any atom is -0.367 e. The monoisotopic (exact) mass is 333 g/mol. The van der Waals surface area contributed by atoms with Crippen molar-refractivity contribution in [2.24, 2.45) is 11.7 Å². The summed E-state index contributed by atoms with van der Waals surface area (Å²) in [5, 5.41) is 0.127. The molecule has 1 saturated carbocycles. The van der Waals surface area contributed by atoms with Crippen molar-refractivity contribution in [3.63, 3.8) is 0 Å². The zero-order chi connectivity index (χ0) is 17.0. The highest BCUT2D eigenvalue weighted by Crippen LogP contribution is 2.32. The highest BCUT2D eigenvalue weighted by molar-refractivity contribution is 5.82. The van der Waals surface area contributed by atoms with Gasteiger partial charge in [-0.3, -0.25) is 9.36 Å². The van der Waals surface area contributed by atoms with Gasteiger partial charge in [0.15, 0.2) is 0 Å². The number of anilines is 1. The van der Waals surface area contributed by atoms with Gasteiger partial charge in [-0.2, -0.15) is 4.68 Å². The van der Waals surface area contributed by atoms with Crippen LogP contribution in [0, 0.1) is 11.7 Å². The number of hydrogen-bond donors (Lipinski definition) is 2. The fourth-order valence-electron chi connectivity index (χ4n) is 3.38. The topological polar surface area (TPSA) is 99.3 Å². The Labute approximate surface area is 137 Å². The van der Waals surface area contributed by atoms with Crippen molar-refractivity contribution >= 4 is 16.6 Å². The Bertz CT molecular complexity index is 931. The zero-order valence-corrected chi connectivity index (χ0v) is 13.2. The number of aromatic nitrogens is 2. The van der Waals surface area contributed by atoms with E-state index < -0.39 is 17.1 Å². The molecule has 128 valence electrons. The van der Waals surface area contributed by atoms with E-state index in [-0.39, 0.29) is 11.4 Å². The van der Waals surface area contributed by atoms with Crippen LogP contribution < -0.4 is 27.7 Å². The predicted octanol–water partition coefficient (Wildman–Crippen LogP) is -0.0365. The molecule has 4 N–H and O–H groups in total. The molecular weight excluding hydrogens is 313 g/mol. The van der Waals surface area contributed by atoms with Crippen molar-refractivity contribution in [3.8, 4) is 0 Å². The van der Waals surface area contributed by atoms with Crippen LogP contribution in [0.1, 0.15) is 19.3 Å². The number of halogens is 1. The lowest BCUT2D eigenvalue weighted by molar-refractivity contribution is 0.587. The molecule has 2 aromatic rings. The SMILES string of the molecule is N[C@H]1CCN(c2cc3c(cc2F)c(=O)n(N)c(=O)n3CC2CC2)C1. The van der Waals surface area contributed by atoms with Gasteiger partial charge >= 0.3 is 5.69 Å². The Morgan fingerprint density at radius 1 is 1.21 bits per heavy atom. The van der Waals surface area contributed by atoms with Crippen LogP contribution in [0.15, 0.2) is 21.7 Å². The summed E-state index contributed by atoms with van der Waals surface area (Å²) in [7, 11) is 0. The maximum absolute atomic E-state index is 14.6. The molecule has 7 nitrogen and oxygen atoms in total. The van der Waals surface area contributed by atoms with Crippen LogP contribution in [0.3, 0.4) is 0 Å². The standard InChI is InChI=1S/C16H20FN5O2/c17-12-5-11-13(6-14(12)20-4-3-10(18)8-20)21(7-9-1-2-9)16(24)22(19)15(11)23/h5-6,9-10H,1-4,7-8,18-19H2/t10-/m0/s1. The molecule has 8 heteroatoms. The molecule has 0 radical (unpaired) electrons. The third-order valence-corrected chi connectivity index (χ3v) is 4.95. The molecule has 2 heterocycles. The second-order valence-corrected chi connectivity index (χ2v) is 6.83. The molecule has 1 aromatic carbocycles. The summed E-state index contributed by atoms with van der Waals surface area (Å²) >= 11 is 0. The number of rotatable bonds is 3. The highest BCUT2D eigenvalue weighted by Gasteiger charge is 2.26. The lowest BCUT2D eigenvalue weighted by Crippen LogP contribution is -2.45. The minimum absolute atomic E-state index is 0.00537. The second-order valence-electron chi connectivity index (χ2n) is 6.83. The molecule has 2 fully saturated rings. The van der Waals surface area contributed by atoms with E-state index in [9.17, 15) is 14.0 Å². The summed E-state index contributed by atoms with van der Waals surface area (Å²) in [5.74, 6) is 5.51. The molecule has 2 aliphatic rings. The van der Waals surface area contributed by atoms with Crippen LogP contribution in [0.5, 0.6) is 0 Å². The summed E-state index contributed by atoms with van der Waals surface area (Å²) in [4.78, 5) is 26.5. The smallest absolute Gasteiger partial charge is 0.350 e. The molecule has 1 aliphatic heterocycles. The first-order valence-corrected chi connectivity index (χ1v) is 8.20. The number of nitrogens with two attached hydrogens (primary N) is 2. The van der Waals surface area contributed by atoms with Crippen LogP contribution in [-0.2, 0) is 6.54 Å². The molecule has 1 aromatic heterocycles. The zero-order valence-electron chi connectivity index (χ0n) is 13.2. The van der Waals surface area contributed by atoms with Gasteiger partial charge in [0.1, 0.15) is 5.82 Å². The first-order chi connectivity index (χ1) is 11.5. The molecule has 4 rings (SSSR count). The van der Waals surface area contributed by atoms with Gasteiger partial charge in [0.2, 0.25) is 0 Å². The number of nitrogen functional groups attached to an aromatic ring is 1. The lowest BCUT2D eigenvalue weighted by Gasteiger charge is -2.20. The van der Waals surface area contributed by atoms with E-state index >= 15 is 0 Å². The summed E-state index contributed by atoms with van der Waals surface area (Å²) < 4.78 is 16.6. The molecular formula is C16H20FN5O2. The van der Waals surface area contributed by atoms with Crippen molar-refractivity contribution in [2.45, 2.75) is 31.8 Å². The van der Waals surface area contributed by atoms with Gasteiger partial charge in [-0.25, -0.2) is 9.18 Å². The Hall–Kier alpha value is -2.35. The first-order valence-electron chi connectivity index (χ1n) is 8.20. The van der Waals surface area contributed by atoms with E-state index in [4.69, 9.17) is 11.6 Å². The average molecular weight is 333 g/mol. The van der Waals surface area contributed by atoms with E-state index in [1.165, 1.54) is 10.6 Å². The summed E-state index contributed by atoms with van der Waals surface area (Å²) in [6.07, 6.45) is 2.88. The van der Waals surface area contributed by atoms with Gasteiger partial charge in [0, 0.05) is 25.7 Å². The molecule has 0 spiro atoms. The van der Waals surface area contributed by atoms with Gasteiger partial charge in [0.05, 0.1) is 16.6 Å². The Balaban J connectivity index is 1.94. The van der Waals surface area contributed by atoms with E-state index in [1.54, 1.807) is 6.07 Å². The lowest BCUT2D eigenvalue weighted by atomic mass is 10.2. The van der Waals surface area contributed by atoms with Crippen LogP contribution >= 0.6 is 0 Å². The molecule has 0 bridgehead atoms. The van der Waals surface area contributed by atoms with E-state index in [0.29, 0.717) is 41.4 Å². The minimum atomic E-state index is -0.675. The normalized spacial score (nSPS) is 20.9. The predicted molar refractivity (Wildman–Crippen MR) is 90.1 cm³/mol. The number of benzene rings is 1. The van der Waals surface area contributed by atoms with E-state index in [0.717, 1.165) is 19.3 Å². The summed E-state index contributed by atoms with van der Waals surface area (Å²) in [5.41, 5.74) is 5.50. The van der Waals surface area contributed by atoms with Crippen molar-refractivity contribution in [1.29, 1.82) is 0 Å². The summed E-state index contributed by atoms with van der Waals surface area (Å²) in [6.45, 7) is 1.71. The van der Waals surface area contributed by atoms with Gasteiger partial charge < -0.3 is 16.5 Å². The van der Waals surface area contributed by atoms with Crippen molar-refractivity contribution in [2.75, 3.05) is 23.8 Å². The van der Waals surface area contributed by atoms with Crippen molar-refractivity contribution in [1.82, 2.24) is 9.24 Å². The number of nitrogens with zero attached hydrogens (tertiary/aromatic N) is 3. The summed E-state index contributed by atoms with van der Waals surface area (Å²) in [6, 6.07) is 2.78. The third-order valence-electron chi connectivity index (χ3n) is 4.95. The van der Waals surface area contributed by atoms with Gasteiger partial charge in [0.25, 0.3) is 5.56 Å². The van der Waals surface area contributed by atoms with Gasteiger partial charge in [-0.1, -0.05) is 0 Å². The fraction of sp³-hybridized carbons (Fsp3) is 0.500. The van der Waals surface area contributed by atoms with Crippen molar-refractivity contribution in [3.05, 3.63) is 38.8 Å². The van der Waals surface area contributed by atoms with Crippen LogP contribution in [0.4, 0.5) is 10.1 Å². The van der Waals surface area contributed by atoms with Crippen LogP contribution in [0.25, 0.3) is 10.9 Å². The fourth-order valence-corrected chi connectivity index (χ4v) is 3.38. The number of fused-ring (bicyclic) bond motifs is 1. The molecule has 1 aliphatic carbocycles. The van der Waals surface area contributed by atoms with Gasteiger partial charge in [-0.05, 0) is 37.3 Å². The maximum atomic E-state index is 14.6. The first kappa shape index (κ1) is 15.2. The van der Waals surface area contributed by atoms with Crippen molar-refractivity contribution < 1.29 is 4.39 Å². The Morgan fingerprint density at radius 3 is 2.58 bits per heavy atom.